The fourth-order valence-electron chi connectivity index (χ4n) is 4.26. The summed E-state index contributed by atoms with van der Waals surface area (Å²) in [5, 5.41) is 9.18. The van der Waals surface area contributed by atoms with Crippen molar-refractivity contribution in [2.75, 3.05) is 10.1 Å². The Bertz CT molecular complexity index is 1050. The molecule has 0 aliphatic heterocycles. The lowest BCUT2D eigenvalue weighted by atomic mass is 9.63. The molecule has 1 N–H and O–H groups in total. The molecule has 1 aliphatic rings. The molecule has 162 valence electrons. The molecule has 0 aromatic heterocycles. The molecule has 6 heteroatoms. The summed E-state index contributed by atoms with van der Waals surface area (Å²) in [5.74, 6) is -1.03. The first kappa shape index (κ1) is 22.3. The van der Waals surface area contributed by atoms with Gasteiger partial charge in [0.05, 0.1) is 22.7 Å². The van der Waals surface area contributed by atoms with Gasteiger partial charge in [-0.05, 0) is 77.6 Å². The van der Waals surface area contributed by atoms with Crippen molar-refractivity contribution in [1.82, 2.24) is 0 Å². The quantitative estimate of drug-likeness (QED) is 0.647. The maximum Gasteiger partial charge on any atom is 0.335 e. The van der Waals surface area contributed by atoms with Crippen LogP contribution in [0.4, 0.5) is 11.4 Å². The van der Waals surface area contributed by atoms with E-state index >= 15 is 0 Å². The second kappa shape index (κ2) is 7.73. The van der Waals surface area contributed by atoms with E-state index in [0.29, 0.717) is 17.8 Å². The summed E-state index contributed by atoms with van der Waals surface area (Å²) >= 11 is 0. The Balaban J connectivity index is 2.19. The summed E-state index contributed by atoms with van der Waals surface area (Å²) < 4.78 is 27.8. The Kier molecular flexibility index (Phi) is 5.76. The monoisotopic (exact) mass is 429 g/mol. The molecule has 0 bridgehead atoms. The Morgan fingerprint density at radius 3 is 2.00 bits per heavy atom. The van der Waals surface area contributed by atoms with Gasteiger partial charge in [-0.15, -0.1) is 0 Å². The topological polar surface area (TPSA) is 74.7 Å². The van der Waals surface area contributed by atoms with Crippen LogP contribution in [-0.4, -0.2) is 25.2 Å². The minimum atomic E-state index is -3.62. The van der Waals surface area contributed by atoms with Gasteiger partial charge < -0.3 is 5.11 Å². The summed E-state index contributed by atoms with van der Waals surface area (Å²) in [6.07, 6.45) is 2.61. The highest BCUT2D eigenvalue weighted by Crippen LogP contribution is 2.47. The van der Waals surface area contributed by atoms with Gasteiger partial charge in [-0.25, -0.2) is 17.5 Å². The van der Waals surface area contributed by atoms with Crippen molar-refractivity contribution < 1.29 is 18.3 Å². The molecule has 0 amide bonds. The van der Waals surface area contributed by atoms with Gasteiger partial charge in [0.25, 0.3) is 0 Å². The normalized spacial score (nSPS) is 17.2. The number of fused-ring (bicyclic) bond motifs is 1. The highest BCUT2D eigenvalue weighted by Gasteiger charge is 2.38. The Morgan fingerprint density at radius 1 is 0.933 bits per heavy atom. The highest BCUT2D eigenvalue weighted by molar-refractivity contribution is 7.93. The standard InChI is InChI=1S/C24H31NO4S/c1-6-15-30(28,29)25(18-9-7-17(8-10-18)22(26)27)19-11-12-20-21(16-19)24(4,5)14-13-23(20,2)3/h7-12,16H,6,13-15H2,1-5H3,(H,26,27). The number of rotatable bonds is 6. The summed E-state index contributed by atoms with van der Waals surface area (Å²) in [5.41, 5.74) is 3.59. The first-order valence-corrected chi connectivity index (χ1v) is 12.0. The van der Waals surface area contributed by atoms with E-state index in [1.54, 1.807) is 12.1 Å². The predicted octanol–water partition coefficient (Wildman–Crippen LogP) is 5.61. The Hall–Kier alpha value is -2.34. The van der Waals surface area contributed by atoms with E-state index in [-0.39, 0.29) is 22.1 Å². The molecule has 0 unspecified atom stereocenters. The number of hydrogen-bond acceptors (Lipinski definition) is 3. The summed E-state index contributed by atoms with van der Waals surface area (Å²) in [4.78, 5) is 11.2. The third-order valence-corrected chi connectivity index (χ3v) is 8.06. The largest absolute Gasteiger partial charge is 0.478 e. The van der Waals surface area contributed by atoms with Crippen LogP contribution in [0.2, 0.25) is 0 Å². The summed E-state index contributed by atoms with van der Waals surface area (Å²) in [6.45, 7) is 10.7. The van der Waals surface area contributed by atoms with Gasteiger partial charge in [0.1, 0.15) is 0 Å². The lowest BCUT2D eigenvalue weighted by Gasteiger charge is -2.42. The second-order valence-corrected chi connectivity index (χ2v) is 11.4. The molecule has 2 aromatic rings. The Labute approximate surface area is 179 Å². The molecule has 0 spiro atoms. The van der Waals surface area contributed by atoms with Crippen molar-refractivity contribution in [3.63, 3.8) is 0 Å². The first-order valence-electron chi connectivity index (χ1n) is 10.4. The average Bonchev–Trinajstić information content (AvgIpc) is 2.66. The van der Waals surface area contributed by atoms with E-state index in [2.05, 4.69) is 33.8 Å². The van der Waals surface area contributed by atoms with Crippen molar-refractivity contribution >= 4 is 27.4 Å². The van der Waals surface area contributed by atoms with Gasteiger partial charge in [-0.2, -0.15) is 0 Å². The van der Waals surface area contributed by atoms with Gasteiger partial charge in [-0.3, -0.25) is 0 Å². The molecule has 0 saturated heterocycles. The maximum atomic E-state index is 13.2. The third kappa shape index (κ3) is 4.10. The molecule has 0 radical (unpaired) electrons. The van der Waals surface area contributed by atoms with Gasteiger partial charge in [0.2, 0.25) is 10.0 Å². The highest BCUT2D eigenvalue weighted by atomic mass is 32.2. The van der Waals surface area contributed by atoms with E-state index in [1.807, 2.05) is 19.1 Å². The van der Waals surface area contributed by atoms with Crippen molar-refractivity contribution in [3.8, 4) is 0 Å². The van der Waals surface area contributed by atoms with Crippen LogP contribution in [0.15, 0.2) is 42.5 Å². The zero-order chi connectivity index (χ0) is 22.3. The number of carboxylic acid groups (broad SMARTS) is 1. The minimum Gasteiger partial charge on any atom is -0.478 e. The molecule has 3 rings (SSSR count). The van der Waals surface area contributed by atoms with Crippen LogP contribution in [-0.2, 0) is 20.9 Å². The zero-order valence-electron chi connectivity index (χ0n) is 18.4. The fourth-order valence-corrected chi connectivity index (χ4v) is 5.84. The predicted molar refractivity (Wildman–Crippen MR) is 121 cm³/mol. The molecule has 30 heavy (non-hydrogen) atoms. The minimum absolute atomic E-state index is 0.0135. The molecular weight excluding hydrogens is 398 g/mol. The summed E-state index contributed by atoms with van der Waals surface area (Å²) in [6, 6.07) is 12.0. The van der Waals surface area contributed by atoms with Crippen molar-refractivity contribution in [1.29, 1.82) is 0 Å². The molecule has 5 nitrogen and oxygen atoms in total. The van der Waals surface area contributed by atoms with Gasteiger partial charge in [-0.1, -0.05) is 40.7 Å². The number of carboxylic acids is 1. The molecular formula is C24H31NO4S. The number of hydrogen-bond donors (Lipinski definition) is 1. The number of carbonyl (C=O) groups is 1. The van der Waals surface area contributed by atoms with E-state index < -0.39 is 16.0 Å². The summed E-state index contributed by atoms with van der Waals surface area (Å²) in [7, 11) is -3.62. The van der Waals surface area contributed by atoms with Gasteiger partial charge in [0.15, 0.2) is 0 Å². The second-order valence-electron chi connectivity index (χ2n) is 9.43. The molecule has 2 aromatic carbocycles. The third-order valence-electron chi connectivity index (χ3n) is 6.16. The zero-order valence-corrected chi connectivity index (χ0v) is 19.2. The molecule has 0 atom stereocenters. The van der Waals surface area contributed by atoms with Crippen LogP contribution >= 0.6 is 0 Å². The lowest BCUT2D eigenvalue weighted by molar-refractivity contribution is 0.0697. The number of anilines is 2. The van der Waals surface area contributed by atoms with Crippen molar-refractivity contribution in [3.05, 3.63) is 59.2 Å². The van der Waals surface area contributed by atoms with Crippen LogP contribution in [0.3, 0.4) is 0 Å². The molecule has 0 saturated carbocycles. The van der Waals surface area contributed by atoms with E-state index in [1.165, 1.54) is 27.6 Å². The molecule has 0 heterocycles. The van der Waals surface area contributed by atoms with Crippen molar-refractivity contribution in [2.24, 2.45) is 0 Å². The number of sulfonamides is 1. The smallest absolute Gasteiger partial charge is 0.335 e. The van der Waals surface area contributed by atoms with E-state index in [4.69, 9.17) is 0 Å². The van der Waals surface area contributed by atoms with Crippen molar-refractivity contribution in [2.45, 2.75) is 64.7 Å². The molecule has 0 fully saturated rings. The van der Waals surface area contributed by atoms with Crippen LogP contribution in [0.5, 0.6) is 0 Å². The lowest BCUT2D eigenvalue weighted by Crippen LogP contribution is -2.35. The first-order chi connectivity index (χ1) is 13.9. The van der Waals surface area contributed by atoms with E-state index in [9.17, 15) is 18.3 Å². The van der Waals surface area contributed by atoms with Gasteiger partial charge in [0, 0.05) is 0 Å². The number of nitrogens with zero attached hydrogens (tertiary/aromatic N) is 1. The fraction of sp³-hybridized carbons (Fsp3) is 0.458. The number of aromatic carboxylic acids is 1. The maximum absolute atomic E-state index is 13.2. The van der Waals surface area contributed by atoms with Crippen LogP contribution in [0, 0.1) is 0 Å². The van der Waals surface area contributed by atoms with E-state index in [0.717, 1.165) is 12.8 Å². The average molecular weight is 430 g/mol. The SMILES string of the molecule is CCCS(=O)(=O)N(c1ccc(C(=O)O)cc1)c1ccc2c(c1)C(C)(C)CCC2(C)C. The van der Waals surface area contributed by atoms with Crippen LogP contribution in [0.1, 0.15) is 75.4 Å². The van der Waals surface area contributed by atoms with Gasteiger partial charge >= 0.3 is 5.97 Å². The molecule has 1 aliphatic carbocycles. The van der Waals surface area contributed by atoms with Crippen LogP contribution < -0.4 is 4.31 Å². The number of benzene rings is 2. The van der Waals surface area contributed by atoms with Crippen LogP contribution in [0.25, 0.3) is 0 Å². The Morgan fingerprint density at radius 2 is 1.47 bits per heavy atom.